The summed E-state index contributed by atoms with van der Waals surface area (Å²) in [5.41, 5.74) is 1.36. The minimum atomic E-state index is -0.109. The van der Waals surface area contributed by atoms with E-state index in [9.17, 15) is 9.59 Å². The van der Waals surface area contributed by atoms with Gasteiger partial charge in [-0.25, -0.2) is 0 Å². The average Bonchev–Trinajstić information content (AvgIpc) is 3.12. The predicted octanol–water partition coefficient (Wildman–Crippen LogP) is 4.13. The molecule has 0 spiro atoms. The van der Waals surface area contributed by atoms with Gasteiger partial charge in [-0.05, 0) is 49.2 Å². The molecule has 1 aromatic carbocycles. The highest BCUT2D eigenvalue weighted by atomic mass is 16.2. The van der Waals surface area contributed by atoms with Crippen LogP contribution in [-0.4, -0.2) is 16.4 Å². The Kier molecular flexibility index (Phi) is 5.22. The Balaban J connectivity index is 1.67. The second kappa shape index (κ2) is 7.55. The van der Waals surface area contributed by atoms with E-state index in [2.05, 4.69) is 27.6 Å². The summed E-state index contributed by atoms with van der Waals surface area (Å²) in [7, 11) is 0. The van der Waals surface area contributed by atoms with E-state index in [0.29, 0.717) is 6.42 Å². The zero-order valence-corrected chi connectivity index (χ0v) is 14.6. The smallest absolute Gasteiger partial charge is 0.226 e. The first-order valence-electron chi connectivity index (χ1n) is 8.88. The van der Waals surface area contributed by atoms with Crippen molar-refractivity contribution in [3.63, 3.8) is 0 Å². The van der Waals surface area contributed by atoms with Crippen LogP contribution in [0.5, 0.6) is 0 Å². The number of nitrogens with zero attached hydrogens (tertiary/aromatic N) is 1. The molecule has 1 saturated carbocycles. The number of rotatable bonds is 5. The topological polar surface area (TPSA) is 63.1 Å². The average molecular weight is 339 g/mol. The molecule has 0 unspecified atom stereocenters. The van der Waals surface area contributed by atoms with Crippen molar-refractivity contribution < 1.29 is 9.59 Å². The van der Waals surface area contributed by atoms with Crippen LogP contribution in [0.4, 0.5) is 11.4 Å². The molecule has 2 N–H and O–H groups in total. The Bertz CT molecular complexity index is 714. The van der Waals surface area contributed by atoms with E-state index >= 15 is 0 Å². The minimum Gasteiger partial charge on any atom is -0.348 e. The number of hydrogen-bond acceptors (Lipinski definition) is 2. The van der Waals surface area contributed by atoms with E-state index in [1.54, 1.807) is 12.1 Å². The molecule has 5 nitrogen and oxygen atoms in total. The Morgan fingerprint density at radius 3 is 2.08 bits per heavy atom. The quantitative estimate of drug-likeness (QED) is 0.860. The molecule has 0 aliphatic heterocycles. The van der Waals surface area contributed by atoms with Crippen LogP contribution in [0, 0.1) is 0 Å². The summed E-state index contributed by atoms with van der Waals surface area (Å²) in [6.45, 7) is 1.47. The van der Waals surface area contributed by atoms with Gasteiger partial charge in [0.1, 0.15) is 0 Å². The highest BCUT2D eigenvalue weighted by Gasteiger charge is 2.35. The van der Waals surface area contributed by atoms with Gasteiger partial charge in [-0.15, -0.1) is 0 Å². The van der Waals surface area contributed by atoms with Crippen LogP contribution < -0.4 is 10.6 Å². The van der Waals surface area contributed by atoms with Gasteiger partial charge in [0.15, 0.2) is 0 Å². The number of anilines is 2. The molecule has 2 amide bonds. The third kappa shape index (κ3) is 4.29. The van der Waals surface area contributed by atoms with Crippen molar-refractivity contribution in [2.75, 3.05) is 10.6 Å². The predicted molar refractivity (Wildman–Crippen MR) is 99.5 cm³/mol. The summed E-state index contributed by atoms with van der Waals surface area (Å²) < 4.78 is 2.21. The van der Waals surface area contributed by atoms with E-state index in [1.165, 1.54) is 13.3 Å². The van der Waals surface area contributed by atoms with Crippen molar-refractivity contribution in [3.05, 3.63) is 48.8 Å². The molecular weight excluding hydrogens is 314 g/mol. The maximum Gasteiger partial charge on any atom is 0.226 e. The largest absolute Gasteiger partial charge is 0.348 e. The summed E-state index contributed by atoms with van der Waals surface area (Å²) >= 11 is 0. The zero-order chi connectivity index (χ0) is 17.7. The van der Waals surface area contributed by atoms with Crippen molar-refractivity contribution in [1.29, 1.82) is 0 Å². The van der Waals surface area contributed by atoms with Gasteiger partial charge in [-0.2, -0.15) is 0 Å². The molecule has 1 aromatic heterocycles. The maximum absolute atomic E-state index is 12.6. The monoisotopic (exact) mass is 339 g/mol. The molecule has 25 heavy (non-hydrogen) atoms. The molecule has 2 aromatic rings. The number of carbonyl (C=O) groups excluding carboxylic acids is 2. The van der Waals surface area contributed by atoms with E-state index in [1.807, 2.05) is 24.3 Å². The van der Waals surface area contributed by atoms with Crippen molar-refractivity contribution in [1.82, 2.24) is 4.57 Å². The molecule has 5 heteroatoms. The Morgan fingerprint density at radius 1 is 0.960 bits per heavy atom. The first-order chi connectivity index (χ1) is 12.1. The molecule has 0 saturated heterocycles. The Labute approximate surface area is 148 Å². The van der Waals surface area contributed by atoms with E-state index in [0.717, 1.165) is 37.1 Å². The van der Waals surface area contributed by atoms with Gasteiger partial charge in [-0.1, -0.05) is 19.3 Å². The molecule has 132 valence electrons. The summed E-state index contributed by atoms with van der Waals surface area (Å²) in [6.07, 6.45) is 10.3. The maximum atomic E-state index is 12.6. The molecule has 3 rings (SSSR count). The van der Waals surface area contributed by atoms with Crippen LogP contribution in [0.25, 0.3) is 0 Å². The highest BCUT2D eigenvalue weighted by Crippen LogP contribution is 2.38. The normalized spacial score (nSPS) is 16.2. The van der Waals surface area contributed by atoms with Crippen LogP contribution >= 0.6 is 0 Å². The van der Waals surface area contributed by atoms with E-state index < -0.39 is 0 Å². The number of nitrogens with one attached hydrogen (secondary N) is 2. The van der Waals surface area contributed by atoms with Gasteiger partial charge >= 0.3 is 0 Å². The van der Waals surface area contributed by atoms with Crippen molar-refractivity contribution in [3.8, 4) is 0 Å². The Hall–Kier alpha value is -2.56. The lowest BCUT2D eigenvalue weighted by Crippen LogP contribution is -2.38. The fraction of sp³-hybridized carbons (Fsp3) is 0.400. The number of aromatic nitrogens is 1. The fourth-order valence-corrected chi connectivity index (χ4v) is 3.73. The molecule has 1 fully saturated rings. The molecular formula is C20H25N3O2. The SMILES string of the molecule is CC(=O)Nc1ccc(NC(=O)CC2(n3cccc3)CCCCC2)cc1. The molecule has 0 atom stereocenters. The second-order valence-corrected chi connectivity index (χ2v) is 6.86. The van der Waals surface area contributed by atoms with Gasteiger partial charge in [0.05, 0.1) is 12.0 Å². The molecule has 1 aliphatic carbocycles. The third-order valence-electron chi connectivity index (χ3n) is 4.92. The summed E-state index contributed by atoms with van der Waals surface area (Å²) in [4.78, 5) is 23.7. The highest BCUT2D eigenvalue weighted by molar-refractivity contribution is 5.92. The van der Waals surface area contributed by atoms with Gasteiger partial charge in [0, 0.05) is 30.7 Å². The minimum absolute atomic E-state index is 0.0304. The van der Waals surface area contributed by atoms with E-state index in [4.69, 9.17) is 0 Å². The lowest BCUT2D eigenvalue weighted by molar-refractivity contribution is -0.118. The zero-order valence-electron chi connectivity index (χ0n) is 14.6. The lowest BCUT2D eigenvalue weighted by Gasteiger charge is -2.38. The van der Waals surface area contributed by atoms with Crippen LogP contribution in [0.2, 0.25) is 0 Å². The summed E-state index contributed by atoms with van der Waals surface area (Å²) in [5.74, 6) is -0.0781. The van der Waals surface area contributed by atoms with Crippen molar-refractivity contribution >= 4 is 23.2 Å². The van der Waals surface area contributed by atoms with Gasteiger partial charge < -0.3 is 15.2 Å². The summed E-state index contributed by atoms with van der Waals surface area (Å²) in [5, 5.41) is 5.71. The van der Waals surface area contributed by atoms with Crippen LogP contribution in [0.3, 0.4) is 0 Å². The first-order valence-corrected chi connectivity index (χ1v) is 8.88. The van der Waals surface area contributed by atoms with Crippen LogP contribution in [0.1, 0.15) is 45.4 Å². The molecule has 0 radical (unpaired) electrons. The van der Waals surface area contributed by atoms with Gasteiger partial charge in [0.25, 0.3) is 0 Å². The third-order valence-corrected chi connectivity index (χ3v) is 4.92. The second-order valence-electron chi connectivity index (χ2n) is 6.86. The number of hydrogen-bond donors (Lipinski definition) is 2. The molecule has 0 bridgehead atoms. The first kappa shape index (κ1) is 17.3. The molecule has 1 heterocycles. The van der Waals surface area contributed by atoms with E-state index in [-0.39, 0.29) is 17.4 Å². The molecule has 1 aliphatic rings. The standard InChI is InChI=1S/C20H25N3O2/c1-16(24)21-17-7-9-18(10-8-17)22-19(25)15-20(11-3-2-4-12-20)23-13-5-6-14-23/h5-10,13-14H,2-4,11-12,15H2,1H3,(H,21,24)(H,22,25). The summed E-state index contributed by atoms with van der Waals surface area (Å²) in [6, 6.07) is 11.3. The van der Waals surface area contributed by atoms with Gasteiger partial charge in [0.2, 0.25) is 11.8 Å². The van der Waals surface area contributed by atoms with Crippen molar-refractivity contribution in [2.45, 2.75) is 51.0 Å². The number of carbonyl (C=O) groups is 2. The van der Waals surface area contributed by atoms with Crippen LogP contribution in [0.15, 0.2) is 48.8 Å². The van der Waals surface area contributed by atoms with Gasteiger partial charge in [-0.3, -0.25) is 9.59 Å². The Morgan fingerprint density at radius 2 is 1.52 bits per heavy atom. The van der Waals surface area contributed by atoms with Crippen molar-refractivity contribution in [2.24, 2.45) is 0 Å². The lowest BCUT2D eigenvalue weighted by atomic mass is 9.78. The number of amides is 2. The number of benzene rings is 1. The van der Waals surface area contributed by atoms with Crippen LogP contribution in [-0.2, 0) is 15.1 Å². The fourth-order valence-electron chi connectivity index (χ4n) is 3.73.